The van der Waals surface area contributed by atoms with Crippen LogP contribution >= 0.6 is 0 Å². The van der Waals surface area contributed by atoms with Crippen molar-refractivity contribution in [1.29, 1.82) is 0 Å². The number of nitrogens with one attached hydrogen (secondary N) is 1. The summed E-state index contributed by atoms with van der Waals surface area (Å²) in [5, 5.41) is 12.8. The highest BCUT2D eigenvalue weighted by Crippen LogP contribution is 2.48. The largest absolute Gasteiger partial charge is 0.396 e. The summed E-state index contributed by atoms with van der Waals surface area (Å²) in [6.45, 7) is 1.43. The second-order valence-electron chi connectivity index (χ2n) is 5.73. The van der Waals surface area contributed by atoms with E-state index in [0.29, 0.717) is 18.1 Å². The highest BCUT2D eigenvalue weighted by Gasteiger charge is 2.41. The van der Waals surface area contributed by atoms with Gasteiger partial charge in [-0.15, -0.1) is 0 Å². The van der Waals surface area contributed by atoms with Crippen LogP contribution in [-0.4, -0.2) is 24.3 Å². The molecule has 2 nitrogen and oxygen atoms in total. The van der Waals surface area contributed by atoms with Crippen LogP contribution in [0.5, 0.6) is 0 Å². The maximum absolute atomic E-state index is 9.05. The first-order valence-corrected chi connectivity index (χ1v) is 6.72. The first-order chi connectivity index (χ1) is 8.31. The van der Waals surface area contributed by atoms with Gasteiger partial charge in [-0.25, -0.2) is 0 Å². The summed E-state index contributed by atoms with van der Waals surface area (Å²) in [6.07, 6.45) is 5.90. The summed E-state index contributed by atoms with van der Waals surface area (Å²) < 4.78 is 0. The smallest absolute Gasteiger partial charge is 0.0436 e. The molecule has 0 amide bonds. The summed E-state index contributed by atoms with van der Waals surface area (Å²) in [5.74, 6) is 0. The summed E-state index contributed by atoms with van der Waals surface area (Å²) >= 11 is 0. The second kappa shape index (κ2) is 4.43. The van der Waals surface area contributed by atoms with Crippen molar-refractivity contribution in [3.05, 3.63) is 35.4 Å². The van der Waals surface area contributed by atoms with E-state index in [2.05, 4.69) is 29.6 Å². The van der Waals surface area contributed by atoms with E-state index < -0.39 is 0 Å². The summed E-state index contributed by atoms with van der Waals surface area (Å²) in [6, 6.07) is 9.38. The van der Waals surface area contributed by atoms with Crippen molar-refractivity contribution < 1.29 is 5.11 Å². The van der Waals surface area contributed by atoms with E-state index in [0.717, 1.165) is 13.0 Å². The number of hydrogen-bond acceptors (Lipinski definition) is 2. The van der Waals surface area contributed by atoms with Crippen molar-refractivity contribution in [2.24, 2.45) is 5.41 Å². The van der Waals surface area contributed by atoms with Crippen LogP contribution < -0.4 is 5.32 Å². The van der Waals surface area contributed by atoms with Gasteiger partial charge in [0.25, 0.3) is 0 Å². The SMILES string of the molecule is OCCC1(CNC2Cc3ccccc3C2)CC1. The Hall–Kier alpha value is -0.860. The van der Waals surface area contributed by atoms with Gasteiger partial charge in [-0.3, -0.25) is 0 Å². The van der Waals surface area contributed by atoms with Crippen LogP contribution in [0.3, 0.4) is 0 Å². The van der Waals surface area contributed by atoms with E-state index in [-0.39, 0.29) is 0 Å². The van der Waals surface area contributed by atoms with Gasteiger partial charge < -0.3 is 10.4 Å². The minimum atomic E-state index is 0.340. The lowest BCUT2D eigenvalue weighted by Crippen LogP contribution is -2.35. The number of rotatable bonds is 5. The Balaban J connectivity index is 1.53. The first kappa shape index (κ1) is 11.2. The molecule has 1 fully saturated rings. The van der Waals surface area contributed by atoms with Crippen LogP contribution in [0.15, 0.2) is 24.3 Å². The topological polar surface area (TPSA) is 32.3 Å². The van der Waals surface area contributed by atoms with Gasteiger partial charge in [-0.05, 0) is 48.6 Å². The minimum Gasteiger partial charge on any atom is -0.396 e. The number of aliphatic hydroxyl groups is 1. The molecule has 0 radical (unpaired) electrons. The lowest BCUT2D eigenvalue weighted by Gasteiger charge is -2.18. The van der Waals surface area contributed by atoms with Gasteiger partial charge in [0, 0.05) is 19.2 Å². The van der Waals surface area contributed by atoms with E-state index in [9.17, 15) is 0 Å². The quantitative estimate of drug-likeness (QED) is 0.811. The molecule has 0 atom stereocenters. The molecule has 0 saturated heterocycles. The molecule has 2 aliphatic rings. The molecule has 1 aromatic rings. The number of fused-ring (bicyclic) bond motifs is 1. The molecule has 1 saturated carbocycles. The Bertz CT molecular complexity index is 373. The van der Waals surface area contributed by atoms with Crippen molar-refractivity contribution in [1.82, 2.24) is 5.32 Å². The molecule has 0 spiro atoms. The fourth-order valence-corrected chi connectivity index (χ4v) is 2.99. The van der Waals surface area contributed by atoms with Gasteiger partial charge >= 0.3 is 0 Å². The van der Waals surface area contributed by atoms with Crippen molar-refractivity contribution in [2.75, 3.05) is 13.2 Å². The van der Waals surface area contributed by atoms with Crippen molar-refractivity contribution in [2.45, 2.75) is 38.1 Å². The Morgan fingerprint density at radius 1 is 1.18 bits per heavy atom. The molecule has 0 bridgehead atoms. The maximum atomic E-state index is 9.05. The third-order valence-corrected chi connectivity index (χ3v) is 4.42. The predicted molar refractivity (Wildman–Crippen MR) is 69.0 cm³/mol. The molecule has 17 heavy (non-hydrogen) atoms. The van der Waals surface area contributed by atoms with E-state index >= 15 is 0 Å². The fourth-order valence-electron chi connectivity index (χ4n) is 2.99. The molecular weight excluding hydrogens is 210 g/mol. The summed E-state index contributed by atoms with van der Waals surface area (Å²) in [4.78, 5) is 0. The van der Waals surface area contributed by atoms with Gasteiger partial charge in [0.1, 0.15) is 0 Å². The zero-order valence-electron chi connectivity index (χ0n) is 10.3. The zero-order chi connectivity index (χ0) is 11.7. The molecule has 0 unspecified atom stereocenters. The van der Waals surface area contributed by atoms with Gasteiger partial charge in [-0.2, -0.15) is 0 Å². The molecule has 1 aromatic carbocycles. The lowest BCUT2D eigenvalue weighted by atomic mass is 10.0. The normalized spacial score (nSPS) is 21.5. The molecule has 3 rings (SSSR count). The van der Waals surface area contributed by atoms with Crippen molar-refractivity contribution in [3.8, 4) is 0 Å². The first-order valence-electron chi connectivity index (χ1n) is 6.72. The van der Waals surface area contributed by atoms with Gasteiger partial charge in [0.2, 0.25) is 0 Å². The van der Waals surface area contributed by atoms with Crippen LogP contribution in [0.25, 0.3) is 0 Å². The van der Waals surface area contributed by atoms with Crippen molar-refractivity contribution >= 4 is 0 Å². The average Bonchev–Trinajstić information content (AvgIpc) is 2.98. The van der Waals surface area contributed by atoms with Crippen LogP contribution in [0.1, 0.15) is 30.4 Å². The second-order valence-corrected chi connectivity index (χ2v) is 5.73. The number of aliphatic hydroxyl groups excluding tert-OH is 1. The number of benzene rings is 1. The van der Waals surface area contributed by atoms with Crippen LogP contribution in [0.4, 0.5) is 0 Å². The van der Waals surface area contributed by atoms with E-state index in [1.165, 1.54) is 36.8 Å². The molecular formula is C15H21NO. The zero-order valence-corrected chi connectivity index (χ0v) is 10.3. The van der Waals surface area contributed by atoms with E-state index in [1.807, 2.05) is 0 Å². The van der Waals surface area contributed by atoms with Crippen LogP contribution in [-0.2, 0) is 12.8 Å². The molecule has 2 N–H and O–H groups in total. The Labute approximate surface area is 103 Å². The monoisotopic (exact) mass is 231 g/mol. The molecule has 0 aromatic heterocycles. The Morgan fingerprint density at radius 3 is 2.35 bits per heavy atom. The van der Waals surface area contributed by atoms with Gasteiger partial charge in [-0.1, -0.05) is 24.3 Å². The predicted octanol–water partition coefficient (Wildman–Crippen LogP) is 1.91. The third kappa shape index (κ3) is 2.38. The van der Waals surface area contributed by atoms with Crippen LogP contribution in [0.2, 0.25) is 0 Å². The lowest BCUT2D eigenvalue weighted by molar-refractivity contribution is 0.242. The molecule has 2 aliphatic carbocycles. The van der Waals surface area contributed by atoms with E-state index in [1.54, 1.807) is 0 Å². The summed E-state index contributed by atoms with van der Waals surface area (Å²) in [7, 11) is 0. The highest BCUT2D eigenvalue weighted by atomic mass is 16.3. The summed E-state index contributed by atoms with van der Waals surface area (Å²) in [5.41, 5.74) is 3.46. The molecule has 0 heterocycles. The maximum Gasteiger partial charge on any atom is 0.0436 e. The molecule has 92 valence electrons. The standard InChI is InChI=1S/C15H21NO/c17-8-7-15(5-6-15)11-16-14-9-12-3-1-2-4-13(12)10-14/h1-4,14,16-17H,5-11H2. The number of hydrogen-bond donors (Lipinski definition) is 2. The minimum absolute atomic E-state index is 0.340. The molecule has 0 aliphatic heterocycles. The third-order valence-electron chi connectivity index (χ3n) is 4.42. The van der Waals surface area contributed by atoms with E-state index in [4.69, 9.17) is 5.11 Å². The Kier molecular flexibility index (Phi) is 2.93. The van der Waals surface area contributed by atoms with Gasteiger partial charge in [0.15, 0.2) is 0 Å². The van der Waals surface area contributed by atoms with Gasteiger partial charge in [0.05, 0.1) is 0 Å². The highest BCUT2D eigenvalue weighted by molar-refractivity contribution is 5.33. The average molecular weight is 231 g/mol. The van der Waals surface area contributed by atoms with Crippen LogP contribution in [0, 0.1) is 5.41 Å². The molecule has 2 heteroatoms. The Morgan fingerprint density at radius 2 is 1.82 bits per heavy atom. The fraction of sp³-hybridized carbons (Fsp3) is 0.600. The van der Waals surface area contributed by atoms with Crippen molar-refractivity contribution in [3.63, 3.8) is 0 Å².